The smallest absolute Gasteiger partial charge is 0.378 e. The largest absolute Gasteiger partial charge is 0.435 e. The van der Waals surface area contributed by atoms with Gasteiger partial charge in [-0.25, -0.2) is 13.8 Å². The van der Waals surface area contributed by atoms with Crippen molar-refractivity contribution in [1.29, 1.82) is 0 Å². The van der Waals surface area contributed by atoms with E-state index in [-0.39, 0.29) is 35.6 Å². The normalized spacial score (nSPS) is 18.1. The molecule has 3 aromatic carbocycles. The van der Waals surface area contributed by atoms with Crippen molar-refractivity contribution in [3.8, 4) is 23.0 Å². The van der Waals surface area contributed by atoms with Crippen molar-refractivity contribution >= 4 is 17.3 Å². The third-order valence-corrected chi connectivity index (χ3v) is 10.8. The number of ketones is 2. The van der Waals surface area contributed by atoms with Gasteiger partial charge in [-0.15, -0.1) is 0 Å². The van der Waals surface area contributed by atoms with Crippen LogP contribution in [-0.4, -0.2) is 40.4 Å². The van der Waals surface area contributed by atoms with Gasteiger partial charge >= 0.3 is 6.18 Å². The van der Waals surface area contributed by atoms with Crippen LogP contribution < -0.4 is 4.90 Å². The van der Waals surface area contributed by atoms with Gasteiger partial charge in [0.25, 0.3) is 5.92 Å². The number of hydrogen-bond donors (Lipinski definition) is 0. The quantitative estimate of drug-likeness (QED) is 0.111. The average Bonchev–Trinajstić information content (AvgIpc) is 3.65. The molecule has 3 aliphatic carbocycles. The molecule has 3 aliphatic rings. The Balaban J connectivity index is 1.21. The highest BCUT2D eigenvalue weighted by molar-refractivity contribution is 6.01. The Morgan fingerprint density at radius 1 is 0.946 bits per heavy atom. The van der Waals surface area contributed by atoms with Crippen molar-refractivity contribution in [1.82, 2.24) is 14.8 Å². The lowest BCUT2D eigenvalue weighted by Crippen LogP contribution is -2.24. The van der Waals surface area contributed by atoms with Crippen molar-refractivity contribution in [3.63, 3.8) is 0 Å². The predicted octanol–water partition coefficient (Wildman–Crippen LogP) is 9.03. The Morgan fingerprint density at radius 3 is 2.38 bits per heavy atom. The van der Waals surface area contributed by atoms with Crippen LogP contribution in [0, 0.1) is 29.4 Å². The van der Waals surface area contributed by atoms with Gasteiger partial charge < -0.3 is 4.90 Å². The van der Waals surface area contributed by atoms with Crippen LogP contribution >= 0.6 is 0 Å². The van der Waals surface area contributed by atoms with Gasteiger partial charge in [-0.1, -0.05) is 18.1 Å². The standard InChI is InChI=1S/C43H33F7N4O2/c1-53(2)31-11-4-23(5-12-31)3-9-30-10-13-33(26-7-6-25-8-14-37(56)34(25)19-26)39(51-30)27(15-24-16-28(44)20-29(45)17-24)18-32(55)22-54-41-38(40(52-54)43(48,49)50)35-21-36(35)42(41,46)47/h4-7,10-13,16-17,19-20,27,35-36H,8,14-15,18,21-22H2,1-2H3/t27-,35+,36-/m1/s1. The summed E-state index contributed by atoms with van der Waals surface area (Å²) in [7, 11) is 3.81. The molecule has 0 bridgehead atoms. The van der Waals surface area contributed by atoms with E-state index >= 15 is 8.78 Å². The molecule has 13 heteroatoms. The highest BCUT2D eigenvalue weighted by Gasteiger charge is 2.68. The van der Waals surface area contributed by atoms with E-state index in [0.29, 0.717) is 45.8 Å². The lowest BCUT2D eigenvalue weighted by Gasteiger charge is -2.21. The van der Waals surface area contributed by atoms with Crippen LogP contribution in [0.5, 0.6) is 0 Å². The Morgan fingerprint density at radius 2 is 1.68 bits per heavy atom. The molecule has 2 aromatic heterocycles. The van der Waals surface area contributed by atoms with E-state index < -0.39 is 77.2 Å². The number of hydrogen-bond acceptors (Lipinski definition) is 5. The maximum Gasteiger partial charge on any atom is 0.435 e. The first-order valence-electron chi connectivity index (χ1n) is 18.1. The Kier molecular flexibility index (Phi) is 9.13. The second-order valence-electron chi connectivity index (χ2n) is 14.9. The van der Waals surface area contributed by atoms with Crippen LogP contribution in [-0.2, 0) is 36.3 Å². The molecule has 5 aromatic rings. The number of Topliss-reactive ketones (excluding diaryl/α,β-unsaturated/α-hetero) is 2. The SMILES string of the molecule is CN(C)c1ccc(C#Cc2ccc(-c3ccc4c(c3)C(=O)CC4)c([C@@H](CC(=O)Cn3nc(C(F)(F)F)c4c3C(F)(F)[C@@H]3C[C@H]43)Cc3cc(F)cc(F)c3)n2)cc1. The molecule has 0 amide bonds. The molecular formula is C43H33F7N4O2. The van der Waals surface area contributed by atoms with Crippen LogP contribution in [0.4, 0.5) is 36.4 Å². The van der Waals surface area contributed by atoms with Crippen molar-refractivity contribution in [3.05, 3.63) is 135 Å². The first-order valence-corrected chi connectivity index (χ1v) is 18.1. The number of pyridine rings is 1. The van der Waals surface area contributed by atoms with Gasteiger partial charge in [-0.3, -0.25) is 14.3 Å². The van der Waals surface area contributed by atoms with Crippen LogP contribution in [0.25, 0.3) is 11.1 Å². The van der Waals surface area contributed by atoms with E-state index in [0.717, 1.165) is 23.4 Å². The summed E-state index contributed by atoms with van der Waals surface area (Å²) < 4.78 is 102. The molecule has 0 unspecified atom stereocenters. The minimum Gasteiger partial charge on any atom is -0.378 e. The fourth-order valence-corrected chi connectivity index (χ4v) is 8.06. The highest BCUT2D eigenvalue weighted by Crippen LogP contribution is 2.68. The third-order valence-electron chi connectivity index (χ3n) is 10.8. The molecule has 8 rings (SSSR count). The fraction of sp³-hybridized carbons (Fsp3) is 0.302. The lowest BCUT2D eigenvalue weighted by molar-refractivity contribution is -0.142. The molecule has 0 N–H and O–H groups in total. The first kappa shape index (κ1) is 37.2. The molecule has 0 saturated heterocycles. The second kappa shape index (κ2) is 13.8. The summed E-state index contributed by atoms with van der Waals surface area (Å²) in [6.07, 6.45) is -4.82. The number of aromatic nitrogens is 3. The molecule has 0 aliphatic heterocycles. The van der Waals surface area contributed by atoms with E-state index in [2.05, 4.69) is 16.9 Å². The van der Waals surface area contributed by atoms with Crippen molar-refractivity contribution in [2.45, 2.75) is 62.6 Å². The highest BCUT2D eigenvalue weighted by atomic mass is 19.4. The number of fused-ring (bicyclic) bond motifs is 4. The summed E-state index contributed by atoms with van der Waals surface area (Å²) in [4.78, 5) is 33.5. The zero-order valence-corrected chi connectivity index (χ0v) is 30.2. The Labute approximate surface area is 317 Å². The number of carbonyl (C=O) groups is 2. The van der Waals surface area contributed by atoms with E-state index in [9.17, 15) is 31.5 Å². The number of aryl methyl sites for hydroxylation is 1. The van der Waals surface area contributed by atoms with Crippen LogP contribution in [0.1, 0.15) is 86.5 Å². The molecule has 0 radical (unpaired) electrons. The average molecular weight is 771 g/mol. The van der Waals surface area contributed by atoms with Gasteiger partial charge in [0.15, 0.2) is 17.3 Å². The number of anilines is 1. The zero-order chi connectivity index (χ0) is 39.7. The topological polar surface area (TPSA) is 68.1 Å². The number of carbonyl (C=O) groups excluding carboxylic acids is 2. The van der Waals surface area contributed by atoms with E-state index in [1.807, 2.05) is 49.3 Å². The third kappa shape index (κ3) is 6.97. The number of rotatable bonds is 9. The van der Waals surface area contributed by atoms with Gasteiger partial charge in [0.2, 0.25) is 0 Å². The molecule has 6 nitrogen and oxygen atoms in total. The monoisotopic (exact) mass is 770 g/mol. The summed E-state index contributed by atoms with van der Waals surface area (Å²) in [6.45, 7) is -0.896. The van der Waals surface area contributed by atoms with Crippen molar-refractivity contribution < 1.29 is 40.3 Å². The predicted molar refractivity (Wildman–Crippen MR) is 193 cm³/mol. The summed E-state index contributed by atoms with van der Waals surface area (Å²) in [5.74, 6) is -3.30. The second-order valence-corrected chi connectivity index (χ2v) is 14.9. The van der Waals surface area contributed by atoms with Gasteiger partial charge in [-0.05, 0) is 102 Å². The van der Waals surface area contributed by atoms with Gasteiger partial charge in [0, 0.05) is 72.8 Å². The minimum atomic E-state index is -5.01. The summed E-state index contributed by atoms with van der Waals surface area (Å²) in [5.41, 5.74) is 1.90. The van der Waals surface area contributed by atoms with Gasteiger partial charge in [0.05, 0.1) is 5.69 Å². The molecule has 1 fully saturated rings. The first-order chi connectivity index (χ1) is 26.6. The fourth-order valence-electron chi connectivity index (χ4n) is 8.06. The van der Waals surface area contributed by atoms with Crippen LogP contribution in [0.3, 0.4) is 0 Å². The molecule has 0 spiro atoms. The number of halogens is 7. The summed E-state index contributed by atoms with van der Waals surface area (Å²) >= 11 is 0. The molecule has 1 saturated carbocycles. The number of alkyl halides is 5. The van der Waals surface area contributed by atoms with Gasteiger partial charge in [-0.2, -0.15) is 27.1 Å². The number of nitrogens with zero attached hydrogens (tertiary/aromatic N) is 4. The van der Waals surface area contributed by atoms with E-state index in [1.54, 1.807) is 24.3 Å². The molecular weight excluding hydrogens is 737 g/mol. The van der Waals surface area contributed by atoms with Gasteiger partial charge in [0.1, 0.15) is 29.6 Å². The summed E-state index contributed by atoms with van der Waals surface area (Å²) in [6, 6.07) is 19.1. The molecule has 286 valence electrons. The Bertz CT molecular complexity index is 2460. The lowest BCUT2D eigenvalue weighted by atomic mass is 9.86. The molecule has 56 heavy (non-hydrogen) atoms. The van der Waals surface area contributed by atoms with Crippen LogP contribution in [0.15, 0.2) is 72.8 Å². The van der Waals surface area contributed by atoms with Crippen molar-refractivity contribution in [2.24, 2.45) is 5.92 Å². The maximum absolute atomic E-state index is 15.4. The summed E-state index contributed by atoms with van der Waals surface area (Å²) in [5, 5.41) is 3.51. The molecule has 2 heterocycles. The molecule has 3 atom stereocenters. The van der Waals surface area contributed by atoms with E-state index in [1.165, 1.54) is 0 Å². The zero-order valence-electron chi connectivity index (χ0n) is 30.2. The minimum absolute atomic E-state index is 0.0412. The number of benzene rings is 3. The van der Waals surface area contributed by atoms with E-state index in [4.69, 9.17) is 4.98 Å². The Hall–Kier alpha value is -5.77. The maximum atomic E-state index is 15.4. The van der Waals surface area contributed by atoms with Crippen molar-refractivity contribution in [2.75, 3.05) is 19.0 Å². The van der Waals surface area contributed by atoms with Crippen LogP contribution in [0.2, 0.25) is 0 Å².